The van der Waals surface area contributed by atoms with Crippen LogP contribution in [-0.2, 0) is 0 Å². The standard InChI is InChI=1S/C7H7BrN4S/c8-4-1-6(13-3-4)12-7(10)5(9)2-11-12/h1-3H,9-10H2. The van der Waals surface area contributed by atoms with Crippen molar-refractivity contribution in [2.45, 2.75) is 0 Å². The number of thiophene rings is 1. The van der Waals surface area contributed by atoms with Crippen molar-refractivity contribution in [1.29, 1.82) is 0 Å². The number of hydrogen-bond acceptors (Lipinski definition) is 4. The largest absolute Gasteiger partial charge is 0.394 e. The number of rotatable bonds is 1. The first-order valence-corrected chi connectivity index (χ1v) is 5.19. The van der Waals surface area contributed by atoms with Crippen LogP contribution in [0.5, 0.6) is 0 Å². The number of nitrogens with two attached hydrogens (primary N) is 2. The Hall–Kier alpha value is -1.01. The van der Waals surface area contributed by atoms with Crippen LogP contribution in [0, 0.1) is 0 Å². The van der Waals surface area contributed by atoms with Gasteiger partial charge in [-0.25, -0.2) is 4.68 Å². The summed E-state index contributed by atoms with van der Waals surface area (Å²) in [6.45, 7) is 0. The van der Waals surface area contributed by atoms with Crippen molar-refractivity contribution >= 4 is 38.8 Å². The van der Waals surface area contributed by atoms with E-state index in [1.165, 1.54) is 0 Å². The van der Waals surface area contributed by atoms with Crippen LogP contribution in [0.1, 0.15) is 0 Å². The van der Waals surface area contributed by atoms with Crippen LogP contribution < -0.4 is 11.5 Å². The fraction of sp³-hybridized carbons (Fsp3) is 0. The SMILES string of the molecule is Nc1cnn(-c2cc(Br)cs2)c1N. The topological polar surface area (TPSA) is 69.9 Å². The molecule has 68 valence electrons. The maximum atomic E-state index is 5.71. The third-order valence-corrected chi connectivity index (χ3v) is 3.26. The van der Waals surface area contributed by atoms with Gasteiger partial charge in [0.2, 0.25) is 0 Å². The average molecular weight is 259 g/mol. The van der Waals surface area contributed by atoms with Gasteiger partial charge >= 0.3 is 0 Å². The second-order valence-electron chi connectivity index (χ2n) is 2.50. The second kappa shape index (κ2) is 3.04. The van der Waals surface area contributed by atoms with E-state index in [9.17, 15) is 0 Å². The Labute approximate surface area is 87.3 Å². The molecule has 0 aliphatic heterocycles. The monoisotopic (exact) mass is 258 g/mol. The van der Waals surface area contributed by atoms with Gasteiger partial charge < -0.3 is 11.5 Å². The van der Waals surface area contributed by atoms with E-state index < -0.39 is 0 Å². The Morgan fingerprint density at radius 3 is 2.69 bits per heavy atom. The lowest BCUT2D eigenvalue weighted by molar-refractivity contribution is 0.908. The van der Waals surface area contributed by atoms with Gasteiger partial charge in [-0.1, -0.05) is 0 Å². The molecule has 0 radical (unpaired) electrons. The maximum absolute atomic E-state index is 5.71. The molecule has 0 saturated carbocycles. The summed E-state index contributed by atoms with van der Waals surface area (Å²) in [5.41, 5.74) is 11.8. The molecule has 2 rings (SSSR count). The van der Waals surface area contributed by atoms with E-state index in [4.69, 9.17) is 11.5 Å². The van der Waals surface area contributed by atoms with Crippen LogP contribution in [0.3, 0.4) is 0 Å². The zero-order valence-corrected chi connectivity index (χ0v) is 8.97. The molecule has 4 nitrogen and oxygen atoms in total. The molecular formula is C7H7BrN4S. The van der Waals surface area contributed by atoms with E-state index in [-0.39, 0.29) is 0 Å². The van der Waals surface area contributed by atoms with Crippen LogP contribution in [-0.4, -0.2) is 9.78 Å². The summed E-state index contributed by atoms with van der Waals surface area (Å²) < 4.78 is 2.63. The molecule has 0 aromatic carbocycles. The predicted molar refractivity (Wildman–Crippen MR) is 58.0 cm³/mol. The average Bonchev–Trinajstić information content (AvgIpc) is 2.62. The van der Waals surface area contributed by atoms with Crippen LogP contribution in [0.4, 0.5) is 11.5 Å². The van der Waals surface area contributed by atoms with Crippen molar-refractivity contribution in [3.05, 3.63) is 22.1 Å². The Kier molecular flexibility index (Phi) is 2.01. The maximum Gasteiger partial charge on any atom is 0.151 e. The van der Waals surface area contributed by atoms with Crippen molar-refractivity contribution in [2.75, 3.05) is 11.5 Å². The van der Waals surface area contributed by atoms with Gasteiger partial charge in [0.25, 0.3) is 0 Å². The molecule has 0 unspecified atom stereocenters. The summed E-state index contributed by atoms with van der Waals surface area (Å²) in [6, 6.07) is 1.94. The lowest BCUT2D eigenvalue weighted by Crippen LogP contribution is -2.00. The molecule has 6 heteroatoms. The van der Waals surface area contributed by atoms with E-state index in [1.807, 2.05) is 11.4 Å². The molecule has 0 spiro atoms. The van der Waals surface area contributed by atoms with Crippen molar-refractivity contribution in [3.63, 3.8) is 0 Å². The minimum absolute atomic E-state index is 0.481. The highest BCUT2D eigenvalue weighted by Gasteiger charge is 2.07. The minimum atomic E-state index is 0.481. The number of nitrogens with zero attached hydrogens (tertiary/aromatic N) is 2. The third kappa shape index (κ3) is 1.42. The fourth-order valence-electron chi connectivity index (χ4n) is 0.960. The van der Waals surface area contributed by atoms with E-state index >= 15 is 0 Å². The highest BCUT2D eigenvalue weighted by molar-refractivity contribution is 9.10. The van der Waals surface area contributed by atoms with Gasteiger partial charge in [0.15, 0.2) is 5.82 Å². The summed E-state index contributed by atoms with van der Waals surface area (Å²) in [6.07, 6.45) is 1.54. The molecule has 0 aliphatic carbocycles. The number of hydrogen-bond donors (Lipinski definition) is 2. The molecule has 2 aromatic rings. The fourth-order valence-corrected chi connectivity index (χ4v) is 2.35. The molecule has 2 heterocycles. The molecule has 0 aliphatic rings. The van der Waals surface area contributed by atoms with Gasteiger partial charge in [0.1, 0.15) is 5.00 Å². The number of anilines is 2. The van der Waals surface area contributed by atoms with E-state index in [0.29, 0.717) is 11.5 Å². The van der Waals surface area contributed by atoms with Crippen molar-refractivity contribution in [3.8, 4) is 5.00 Å². The first kappa shape index (κ1) is 8.58. The zero-order valence-electron chi connectivity index (χ0n) is 6.57. The Balaban J connectivity index is 2.52. The quantitative estimate of drug-likeness (QED) is 0.821. The first-order valence-electron chi connectivity index (χ1n) is 3.52. The Morgan fingerprint density at radius 1 is 1.46 bits per heavy atom. The van der Waals surface area contributed by atoms with Crippen molar-refractivity contribution in [1.82, 2.24) is 9.78 Å². The summed E-state index contributed by atoms with van der Waals surface area (Å²) >= 11 is 4.91. The molecule has 2 aromatic heterocycles. The van der Waals surface area contributed by atoms with Gasteiger partial charge in [-0.2, -0.15) is 5.10 Å². The van der Waals surface area contributed by atoms with E-state index in [2.05, 4.69) is 21.0 Å². The van der Waals surface area contributed by atoms with Gasteiger partial charge in [0.05, 0.1) is 11.9 Å². The van der Waals surface area contributed by atoms with Gasteiger partial charge in [-0.05, 0) is 22.0 Å². The summed E-state index contributed by atoms with van der Waals surface area (Å²) in [4.78, 5) is 0. The third-order valence-electron chi connectivity index (χ3n) is 1.60. The second-order valence-corrected chi connectivity index (χ2v) is 4.31. The summed E-state index contributed by atoms with van der Waals surface area (Å²) in [5.74, 6) is 0.481. The summed E-state index contributed by atoms with van der Waals surface area (Å²) in [7, 11) is 0. The molecule has 0 fully saturated rings. The van der Waals surface area contributed by atoms with Gasteiger partial charge in [-0.15, -0.1) is 11.3 Å². The lowest BCUT2D eigenvalue weighted by Gasteiger charge is -1.98. The predicted octanol–water partition coefficient (Wildman–Crippen LogP) is 1.86. The molecule has 0 atom stereocenters. The first-order chi connectivity index (χ1) is 6.18. The number of aromatic nitrogens is 2. The van der Waals surface area contributed by atoms with E-state index in [0.717, 1.165) is 9.47 Å². The van der Waals surface area contributed by atoms with Crippen LogP contribution in [0.2, 0.25) is 0 Å². The molecule has 4 N–H and O–H groups in total. The van der Waals surface area contributed by atoms with Crippen LogP contribution >= 0.6 is 27.3 Å². The number of nitrogen functional groups attached to an aromatic ring is 2. The highest BCUT2D eigenvalue weighted by atomic mass is 79.9. The Bertz CT molecular complexity index is 433. The number of halogens is 1. The zero-order chi connectivity index (χ0) is 9.42. The van der Waals surface area contributed by atoms with Crippen molar-refractivity contribution < 1.29 is 0 Å². The van der Waals surface area contributed by atoms with Gasteiger partial charge in [0, 0.05) is 9.85 Å². The molecule has 0 saturated heterocycles. The molecule has 13 heavy (non-hydrogen) atoms. The summed E-state index contributed by atoms with van der Waals surface area (Å²) in [5, 5.41) is 6.97. The van der Waals surface area contributed by atoms with E-state index in [1.54, 1.807) is 22.2 Å². The normalized spacial score (nSPS) is 10.5. The van der Waals surface area contributed by atoms with Crippen LogP contribution in [0.15, 0.2) is 22.1 Å². The van der Waals surface area contributed by atoms with Gasteiger partial charge in [-0.3, -0.25) is 0 Å². The highest BCUT2D eigenvalue weighted by Crippen LogP contribution is 2.26. The minimum Gasteiger partial charge on any atom is -0.394 e. The van der Waals surface area contributed by atoms with Crippen LogP contribution in [0.25, 0.3) is 5.00 Å². The smallest absolute Gasteiger partial charge is 0.151 e. The molecule has 0 bridgehead atoms. The van der Waals surface area contributed by atoms with Crippen molar-refractivity contribution in [2.24, 2.45) is 0 Å². The lowest BCUT2D eigenvalue weighted by atomic mass is 10.5. The molecular weight excluding hydrogens is 252 g/mol. The Morgan fingerprint density at radius 2 is 2.23 bits per heavy atom. The molecule has 0 amide bonds.